The van der Waals surface area contributed by atoms with Crippen molar-refractivity contribution in [1.29, 1.82) is 0 Å². The summed E-state index contributed by atoms with van der Waals surface area (Å²) in [4.78, 5) is 15.9. The van der Waals surface area contributed by atoms with Crippen LogP contribution in [-0.2, 0) is 34.3 Å². The van der Waals surface area contributed by atoms with Gasteiger partial charge >= 0.3 is 21.1 Å². The van der Waals surface area contributed by atoms with E-state index in [1.807, 2.05) is 69.6 Å². The summed E-state index contributed by atoms with van der Waals surface area (Å²) in [7, 11) is 6.41. The second-order valence-electron chi connectivity index (χ2n) is 14.5. The van der Waals surface area contributed by atoms with E-state index in [2.05, 4.69) is 63.6 Å². The largest absolute Gasteiger partial charge is 2.00 e. The third-order valence-electron chi connectivity index (χ3n) is 9.71. The van der Waals surface area contributed by atoms with Gasteiger partial charge in [-0.1, -0.05) is 51.9 Å². The molecule has 318 valence electrons. The van der Waals surface area contributed by atoms with Crippen molar-refractivity contribution in [2.75, 3.05) is 41.4 Å². The molecule has 1 aliphatic rings. The summed E-state index contributed by atoms with van der Waals surface area (Å²) in [5.74, 6) is 2.43. The molecule has 6 aromatic rings. The number of aliphatic hydroxyl groups is 1. The van der Waals surface area contributed by atoms with Gasteiger partial charge in [-0.05, 0) is 88.7 Å². The fourth-order valence-corrected chi connectivity index (χ4v) is 6.52. The molecule has 3 aromatic heterocycles. The number of rotatable bonds is 12. The molecule has 1 fully saturated rings. The fourth-order valence-electron chi connectivity index (χ4n) is 6.52. The first kappa shape index (κ1) is 49.0. The average molecular weight is 980 g/mol. The van der Waals surface area contributed by atoms with Crippen LogP contribution < -0.4 is 20.1 Å². The van der Waals surface area contributed by atoms with E-state index in [4.69, 9.17) is 15.2 Å². The molecule has 3 aromatic carbocycles. The van der Waals surface area contributed by atoms with E-state index < -0.39 is 12.5 Å². The summed E-state index contributed by atoms with van der Waals surface area (Å²) >= 11 is 0. The van der Waals surface area contributed by atoms with E-state index in [0.29, 0.717) is 40.0 Å². The molecular weight excluding hydrogens is 917 g/mol. The summed E-state index contributed by atoms with van der Waals surface area (Å²) in [6.07, 6.45) is 6.71. The van der Waals surface area contributed by atoms with Crippen LogP contribution in [0.25, 0.3) is 66.9 Å². The smallest absolute Gasteiger partial charge is 0.680 e. The van der Waals surface area contributed by atoms with Gasteiger partial charge in [0.1, 0.15) is 24.1 Å². The number of aromatic nitrogens is 5. The Morgan fingerprint density at radius 1 is 0.915 bits per heavy atom. The zero-order chi connectivity index (χ0) is 42.4. The third kappa shape index (κ3) is 12.1. The Balaban J connectivity index is 0.000000768. The maximum absolute atomic E-state index is 16.8. The number of fused-ring (bicyclic) bond motifs is 1. The number of hydrogen-bond acceptors (Lipinski definition) is 7. The predicted octanol–water partition coefficient (Wildman–Crippen LogP) is 10.3. The molecule has 7 rings (SSSR count). The van der Waals surface area contributed by atoms with Crippen LogP contribution in [0.5, 0.6) is 11.5 Å². The van der Waals surface area contributed by atoms with Gasteiger partial charge in [0.05, 0.1) is 61.1 Å². The molecule has 12 nitrogen and oxygen atoms in total. The van der Waals surface area contributed by atoms with Crippen molar-refractivity contribution in [1.82, 2.24) is 35.1 Å². The molecule has 0 spiro atoms. The topological polar surface area (TPSA) is 163 Å². The zero-order valence-electron chi connectivity index (χ0n) is 36.2. The van der Waals surface area contributed by atoms with E-state index in [9.17, 15) is 5.11 Å². The molecule has 0 bridgehead atoms. The summed E-state index contributed by atoms with van der Waals surface area (Å²) < 4.78 is 29.6. The summed E-state index contributed by atoms with van der Waals surface area (Å²) in [6.45, 7) is 14.3. The SMILES string of the molecule is CC.CCC[N-]Cc1ncc(-c2ccc3c(c2)c(F)c(-c2ccc(-c4cnc(C5CCCN5)[nH]4)cc2-c2cc(OC)cc(OC)c2)n3CO)[nH]1.CNC(C)(C)C.C[NH-].[W+2]. The van der Waals surface area contributed by atoms with Crippen molar-refractivity contribution in [3.8, 4) is 56.4 Å². The van der Waals surface area contributed by atoms with Gasteiger partial charge in [0, 0.05) is 33.7 Å². The van der Waals surface area contributed by atoms with Crippen LogP contribution in [0.2, 0.25) is 0 Å². The van der Waals surface area contributed by atoms with Gasteiger partial charge in [-0.25, -0.2) is 14.4 Å². The molecule has 0 aliphatic carbocycles. The van der Waals surface area contributed by atoms with Crippen LogP contribution >= 0.6 is 0 Å². The summed E-state index contributed by atoms with van der Waals surface area (Å²) in [6, 6.07) is 17.2. The average Bonchev–Trinajstić information content (AvgIpc) is 4.10. The van der Waals surface area contributed by atoms with Crippen LogP contribution in [0.4, 0.5) is 4.39 Å². The third-order valence-corrected chi connectivity index (χ3v) is 9.71. The number of aromatic amines is 2. The van der Waals surface area contributed by atoms with Gasteiger partial charge in [0.2, 0.25) is 0 Å². The molecule has 1 aliphatic heterocycles. The molecule has 1 atom stereocenters. The van der Waals surface area contributed by atoms with Crippen molar-refractivity contribution < 1.29 is 40.0 Å². The van der Waals surface area contributed by atoms with Gasteiger partial charge in [-0.3, -0.25) is 0 Å². The van der Waals surface area contributed by atoms with E-state index in [1.54, 1.807) is 37.1 Å². The van der Waals surface area contributed by atoms with Crippen molar-refractivity contribution >= 4 is 10.9 Å². The van der Waals surface area contributed by atoms with Crippen molar-refractivity contribution in [2.45, 2.75) is 85.7 Å². The molecule has 1 unspecified atom stereocenters. The van der Waals surface area contributed by atoms with Gasteiger partial charge < -0.3 is 50.8 Å². The Labute approximate surface area is 363 Å². The molecular formula is C45H62FN9O3W. The monoisotopic (exact) mass is 979 g/mol. The predicted molar refractivity (Wildman–Crippen MR) is 236 cm³/mol. The number of imidazole rings is 2. The van der Waals surface area contributed by atoms with Crippen LogP contribution in [0, 0.1) is 5.82 Å². The molecule has 0 saturated carbocycles. The van der Waals surface area contributed by atoms with Crippen LogP contribution in [0.15, 0.2) is 67.0 Å². The van der Waals surface area contributed by atoms with Gasteiger partial charge in [0.25, 0.3) is 0 Å². The number of nitrogens with one attached hydrogen (secondary N) is 5. The van der Waals surface area contributed by atoms with E-state index in [-0.39, 0.29) is 32.8 Å². The van der Waals surface area contributed by atoms with E-state index >= 15 is 4.39 Å². The van der Waals surface area contributed by atoms with Crippen LogP contribution in [0.1, 0.15) is 78.5 Å². The number of ether oxygens (including phenoxy) is 2. The van der Waals surface area contributed by atoms with E-state index in [1.165, 1.54) is 7.05 Å². The number of aliphatic hydroxyl groups excluding tert-OH is 1. The summed E-state index contributed by atoms with van der Waals surface area (Å²) in [5, 5.41) is 22.1. The molecule has 6 N–H and O–H groups in total. The molecule has 0 radical (unpaired) electrons. The first-order valence-electron chi connectivity index (χ1n) is 20.0. The minimum atomic E-state index is -0.432. The Hall–Kier alpha value is -4.36. The normalized spacial score (nSPS) is 13.3. The zero-order valence-corrected chi connectivity index (χ0v) is 39.2. The van der Waals surface area contributed by atoms with Gasteiger partial charge in [-0.2, -0.15) is 7.05 Å². The van der Waals surface area contributed by atoms with Gasteiger partial charge in [-0.15, -0.1) is 6.54 Å². The first-order valence-corrected chi connectivity index (χ1v) is 20.0. The molecule has 14 heteroatoms. The number of methoxy groups -OCH3 is 2. The Morgan fingerprint density at radius 3 is 2.14 bits per heavy atom. The Bertz CT molecular complexity index is 2160. The van der Waals surface area contributed by atoms with Gasteiger partial charge in [0.15, 0.2) is 5.82 Å². The molecule has 4 heterocycles. The minimum absolute atomic E-state index is 0. The van der Waals surface area contributed by atoms with Crippen molar-refractivity contribution in [3.05, 3.63) is 95.5 Å². The Morgan fingerprint density at radius 2 is 1.54 bits per heavy atom. The minimum Gasteiger partial charge on any atom is -0.680 e. The fraction of sp³-hybridized carbons (Fsp3) is 0.422. The Kier molecular flexibility index (Phi) is 19.5. The molecule has 0 amide bonds. The number of halogens is 1. The maximum atomic E-state index is 16.8. The quantitative estimate of drug-likeness (QED) is 0.0763. The molecule has 1 saturated heterocycles. The van der Waals surface area contributed by atoms with Crippen molar-refractivity contribution in [3.63, 3.8) is 0 Å². The standard InChI is InChI=1S/C37H39FN7O3.C5H13N.C2H6.CH4N.W/c1-4-11-39-20-34-41-18-31(43-34)23-8-10-33-29(16-23)35(38)36(45(33)21-46)27-9-7-22(32-19-42-37(44-32)30-6-5-12-40-30)15-28(27)24-13-25(47-2)17-26(14-24)48-3;1-5(2,3)6-4;2*1-2;/h7-10,13-19,30,40,46H,4-6,11-12,20-21H2,1-3H3,(H,41,43)(H,42,44);6H,1-4H3;1-2H3;2H,1H3;/q-1;;;-1;+2. The summed E-state index contributed by atoms with van der Waals surface area (Å²) in [5.41, 5.74) is 12.3. The number of H-pyrrole nitrogens is 2. The molecule has 59 heavy (non-hydrogen) atoms. The number of nitrogens with zero attached hydrogens (tertiary/aromatic N) is 4. The number of hydrogen-bond donors (Lipinski definition) is 5. The first-order chi connectivity index (χ1) is 28.1. The van der Waals surface area contributed by atoms with Crippen molar-refractivity contribution in [2.24, 2.45) is 0 Å². The van der Waals surface area contributed by atoms with Crippen LogP contribution in [-0.4, -0.2) is 76.6 Å². The maximum Gasteiger partial charge on any atom is 2.00 e. The number of benzene rings is 3. The second kappa shape index (κ2) is 23.4. The van der Waals surface area contributed by atoms with E-state index in [0.717, 1.165) is 77.6 Å². The second-order valence-corrected chi connectivity index (χ2v) is 14.5. The van der Waals surface area contributed by atoms with Crippen LogP contribution in [0.3, 0.4) is 0 Å².